The molecule has 0 aromatic rings. The molecule has 1 heterocycles. The van der Waals surface area contributed by atoms with Gasteiger partial charge in [0.1, 0.15) is 42.5 Å². The number of hydrogen-bond donors (Lipinski definition) is 5. The number of unbranched alkanes of at least 4 members (excludes halogenated alkanes) is 2. The lowest BCUT2D eigenvalue weighted by molar-refractivity contribution is -0.308. The summed E-state index contributed by atoms with van der Waals surface area (Å²) in [5.74, 6) is -5.88. The molecule has 24 nitrogen and oxygen atoms in total. The largest absolute Gasteiger partial charge is 0.480 e. The Morgan fingerprint density at radius 3 is 1.80 bits per heavy atom. The highest BCUT2D eigenvalue weighted by Gasteiger charge is 2.52. The van der Waals surface area contributed by atoms with Crippen LogP contribution in [0.2, 0.25) is 0 Å². The lowest BCUT2D eigenvalue weighted by Gasteiger charge is -2.44. The molecule has 26 heteroatoms. The average molecular weight is 966 g/mol. The van der Waals surface area contributed by atoms with Crippen LogP contribution in [-0.4, -0.2) is 162 Å². The number of aliphatic carboxylic acids is 1. The van der Waals surface area contributed by atoms with Gasteiger partial charge in [0, 0.05) is 50.7 Å². The Balaban J connectivity index is 3.09. The van der Waals surface area contributed by atoms with Crippen LogP contribution in [0, 0.1) is 0 Å². The number of azide groups is 1. The van der Waals surface area contributed by atoms with Crippen molar-refractivity contribution in [1.29, 1.82) is 0 Å². The molecule has 1 aliphatic rings. The molecular formula is C39H63N7O17S2. The van der Waals surface area contributed by atoms with Crippen LogP contribution in [0.3, 0.4) is 0 Å². The van der Waals surface area contributed by atoms with E-state index in [-0.39, 0.29) is 30.3 Å². The van der Waals surface area contributed by atoms with Crippen molar-refractivity contribution in [3.63, 3.8) is 0 Å². The number of ether oxygens (including phenoxy) is 7. The first-order chi connectivity index (χ1) is 30.4. The Hall–Kier alpha value is -5.04. The summed E-state index contributed by atoms with van der Waals surface area (Å²) < 4.78 is 38.3. The number of hydrogen-bond acceptors (Lipinski definition) is 19. The van der Waals surface area contributed by atoms with E-state index in [2.05, 4.69) is 31.3 Å². The second kappa shape index (κ2) is 30.2. The van der Waals surface area contributed by atoms with Crippen LogP contribution >= 0.6 is 23.5 Å². The standard InChI is InChI=1S/C39H63N7O17S2/c1-21(33(51)45-28(36(54)55)20-64-16-12-10-11-14-41-46-40)42-35(53)27(44-34(52)22(2)43-38(56)63-39(7,8)9)19-65-17-13-15-57-37-32(61-26(6)50)31(60-25(5)49)30(59-24(4)48)29(62-37)18-58-23(3)47/h21-22,27-32,37H,10-20H2,1-9H3,(H,42,53)(H,43,56)(H,44,52)(H,45,51)(H,54,55)/t21-,22-,27-,28-,29+,30-,31-,32+,37+/m0/s1. The first kappa shape index (κ1) is 58.0. The number of carboxylic acid groups (broad SMARTS) is 1. The normalized spacial score (nSPS) is 19.9. The molecule has 65 heavy (non-hydrogen) atoms. The molecular weight excluding hydrogens is 903 g/mol. The number of alkyl carbamates (subject to hydrolysis) is 1. The van der Waals surface area contributed by atoms with Crippen LogP contribution in [0.5, 0.6) is 0 Å². The molecule has 0 aromatic carbocycles. The smallest absolute Gasteiger partial charge is 0.408 e. The van der Waals surface area contributed by atoms with Gasteiger partial charge in [-0.3, -0.25) is 33.6 Å². The summed E-state index contributed by atoms with van der Waals surface area (Å²) in [7, 11) is 0. The predicted octanol–water partition coefficient (Wildman–Crippen LogP) is 1.90. The number of amides is 4. The monoisotopic (exact) mass is 965 g/mol. The van der Waals surface area contributed by atoms with Crippen molar-refractivity contribution in [2.75, 3.05) is 42.8 Å². The molecule has 0 spiro atoms. The molecule has 9 atom stereocenters. The Bertz CT molecular complexity index is 1680. The number of thioether (sulfide) groups is 2. The molecule has 0 aliphatic carbocycles. The first-order valence-corrected chi connectivity index (χ1v) is 23.0. The van der Waals surface area contributed by atoms with Gasteiger partial charge in [0.25, 0.3) is 0 Å². The van der Waals surface area contributed by atoms with Crippen molar-refractivity contribution in [2.24, 2.45) is 5.11 Å². The van der Waals surface area contributed by atoms with Crippen LogP contribution < -0.4 is 21.3 Å². The van der Waals surface area contributed by atoms with Crippen LogP contribution in [-0.2, 0) is 71.5 Å². The number of carbonyl (C=O) groups excluding carboxylic acids is 8. The molecule has 1 saturated heterocycles. The summed E-state index contributed by atoms with van der Waals surface area (Å²) in [6.45, 7) is 11.9. The fourth-order valence-electron chi connectivity index (χ4n) is 5.57. The number of rotatable bonds is 28. The van der Waals surface area contributed by atoms with E-state index in [1.165, 1.54) is 37.4 Å². The summed E-state index contributed by atoms with van der Waals surface area (Å²) in [6, 6.07) is -4.96. The third-order valence-corrected chi connectivity index (χ3v) is 10.8. The molecule has 1 fully saturated rings. The predicted molar refractivity (Wildman–Crippen MR) is 233 cm³/mol. The van der Waals surface area contributed by atoms with Gasteiger partial charge in [0.15, 0.2) is 24.6 Å². The average Bonchev–Trinajstić information content (AvgIpc) is 3.18. The van der Waals surface area contributed by atoms with Gasteiger partial charge in [0.2, 0.25) is 17.7 Å². The van der Waals surface area contributed by atoms with Gasteiger partial charge in [-0.15, -0.1) is 0 Å². The van der Waals surface area contributed by atoms with Crippen molar-refractivity contribution in [1.82, 2.24) is 21.3 Å². The van der Waals surface area contributed by atoms with Gasteiger partial charge in [-0.1, -0.05) is 11.5 Å². The third-order valence-electron chi connectivity index (χ3n) is 8.47. The Labute approximate surface area is 385 Å². The second-order valence-corrected chi connectivity index (χ2v) is 17.8. The van der Waals surface area contributed by atoms with E-state index in [1.807, 2.05) is 0 Å². The van der Waals surface area contributed by atoms with E-state index in [9.17, 15) is 48.3 Å². The minimum absolute atomic E-state index is 0.0490. The number of esters is 4. The molecule has 368 valence electrons. The van der Waals surface area contributed by atoms with Gasteiger partial charge in [0.05, 0.1) is 6.61 Å². The zero-order valence-electron chi connectivity index (χ0n) is 38.1. The van der Waals surface area contributed by atoms with Crippen LogP contribution in [0.15, 0.2) is 5.11 Å². The highest BCUT2D eigenvalue weighted by Crippen LogP contribution is 2.30. The minimum atomic E-state index is -1.43. The zero-order chi connectivity index (χ0) is 49.3. The quantitative estimate of drug-likeness (QED) is 0.0187. The fraction of sp³-hybridized carbons (Fsp3) is 0.769. The number of nitrogens with zero attached hydrogens (tertiary/aromatic N) is 3. The van der Waals surface area contributed by atoms with Crippen molar-refractivity contribution in [3.8, 4) is 0 Å². The Morgan fingerprint density at radius 2 is 1.25 bits per heavy atom. The van der Waals surface area contributed by atoms with Crippen LogP contribution in [0.1, 0.15) is 88.0 Å². The summed E-state index contributed by atoms with van der Waals surface area (Å²) in [5.41, 5.74) is 7.51. The topological polar surface area (TPSA) is 335 Å². The lowest BCUT2D eigenvalue weighted by atomic mass is 9.98. The van der Waals surface area contributed by atoms with Gasteiger partial charge >= 0.3 is 35.9 Å². The summed E-state index contributed by atoms with van der Waals surface area (Å²) in [4.78, 5) is 115. The molecule has 1 rings (SSSR count). The van der Waals surface area contributed by atoms with E-state index < -0.39 is 121 Å². The van der Waals surface area contributed by atoms with Gasteiger partial charge < -0.3 is 59.5 Å². The molecule has 0 saturated carbocycles. The van der Waals surface area contributed by atoms with E-state index in [0.29, 0.717) is 18.7 Å². The third kappa shape index (κ3) is 24.7. The maximum Gasteiger partial charge on any atom is 0.408 e. The molecule has 1 aliphatic heterocycles. The van der Waals surface area contributed by atoms with Crippen molar-refractivity contribution < 1.29 is 81.4 Å². The lowest BCUT2D eigenvalue weighted by Crippen LogP contribution is -2.63. The van der Waals surface area contributed by atoms with E-state index in [1.54, 1.807) is 20.8 Å². The summed E-state index contributed by atoms with van der Waals surface area (Å²) >= 11 is 2.49. The zero-order valence-corrected chi connectivity index (χ0v) is 39.7. The highest BCUT2D eigenvalue weighted by molar-refractivity contribution is 7.99. The Kier molecular flexibility index (Phi) is 27.0. The Morgan fingerprint density at radius 1 is 0.708 bits per heavy atom. The molecule has 0 unspecified atom stereocenters. The van der Waals surface area contributed by atoms with Gasteiger partial charge in [-0.05, 0) is 70.9 Å². The second-order valence-electron chi connectivity index (χ2n) is 15.5. The fourth-order valence-corrected chi connectivity index (χ4v) is 7.57. The number of carboxylic acids is 1. The van der Waals surface area contributed by atoms with Crippen LogP contribution in [0.25, 0.3) is 10.4 Å². The minimum Gasteiger partial charge on any atom is -0.480 e. The van der Waals surface area contributed by atoms with E-state index in [0.717, 1.165) is 40.5 Å². The SMILES string of the molecule is CC(=O)OC[C@H]1O[C@@H](OCCCSC[C@H](NC(=O)[C@H](C)NC(=O)OC(C)(C)C)C(=O)N[C@@H](C)C(=O)N[C@@H](CSCCCCCN=[N+]=[N-])C(=O)O)[C@H](OC(C)=O)[C@@H](OC(C)=O)[C@H]1OC(C)=O. The van der Waals surface area contributed by atoms with Crippen molar-refractivity contribution >= 4 is 77.2 Å². The van der Waals surface area contributed by atoms with Gasteiger partial charge in [-0.25, -0.2) is 9.59 Å². The van der Waals surface area contributed by atoms with Crippen molar-refractivity contribution in [2.45, 2.75) is 148 Å². The molecule has 0 radical (unpaired) electrons. The van der Waals surface area contributed by atoms with E-state index >= 15 is 0 Å². The highest BCUT2D eigenvalue weighted by atomic mass is 32.2. The molecule has 4 amide bonds. The van der Waals surface area contributed by atoms with E-state index in [4.69, 9.17) is 38.7 Å². The van der Waals surface area contributed by atoms with Gasteiger partial charge in [-0.2, -0.15) is 23.5 Å². The molecule has 0 aromatic heterocycles. The maximum absolute atomic E-state index is 13.6. The molecule has 0 bridgehead atoms. The number of nitrogens with one attached hydrogen (secondary N) is 4. The summed E-state index contributed by atoms with van der Waals surface area (Å²) in [6.07, 6.45) is -5.29. The van der Waals surface area contributed by atoms with Crippen LogP contribution in [0.4, 0.5) is 4.79 Å². The molecule has 5 N–H and O–H groups in total. The summed E-state index contributed by atoms with van der Waals surface area (Å²) in [5, 5.41) is 23.1. The van der Waals surface area contributed by atoms with Crippen molar-refractivity contribution in [3.05, 3.63) is 10.4 Å². The first-order valence-electron chi connectivity index (χ1n) is 20.7. The maximum atomic E-state index is 13.6. The number of carbonyl (C=O) groups is 9.